The van der Waals surface area contributed by atoms with Gasteiger partial charge in [-0.15, -0.1) is 0 Å². The first-order valence-electron chi connectivity index (χ1n) is 13.7. The number of carbonyl (C=O) groups is 3. The van der Waals surface area contributed by atoms with Gasteiger partial charge in [-0.3, -0.25) is 9.59 Å². The number of amides is 2. The number of esters is 1. The SMILES string of the molecule is COC(=O)[C@H](Cc1ccc(OC)cc1)NC(=O)[C@H]1CN(C(=O)c2ccc(N(C)C)cc2)CCN1S(=O)(=O)c1ccccc1. The molecule has 228 valence electrons. The van der Waals surface area contributed by atoms with Crippen LogP contribution in [0.25, 0.3) is 0 Å². The summed E-state index contributed by atoms with van der Waals surface area (Å²) in [6.45, 7) is -0.239. The smallest absolute Gasteiger partial charge is 0.328 e. The van der Waals surface area contributed by atoms with E-state index < -0.39 is 34.0 Å². The van der Waals surface area contributed by atoms with Crippen LogP contribution in [0.5, 0.6) is 5.75 Å². The Bertz CT molecular complexity index is 1530. The third-order valence-electron chi connectivity index (χ3n) is 7.30. The average molecular weight is 609 g/mol. The molecule has 43 heavy (non-hydrogen) atoms. The molecule has 0 saturated carbocycles. The summed E-state index contributed by atoms with van der Waals surface area (Å²) < 4.78 is 38.7. The van der Waals surface area contributed by atoms with Crippen LogP contribution in [0.3, 0.4) is 0 Å². The number of hydrogen-bond acceptors (Lipinski definition) is 8. The Morgan fingerprint density at radius 2 is 1.58 bits per heavy atom. The number of sulfonamides is 1. The quantitative estimate of drug-likeness (QED) is 0.348. The molecule has 0 aromatic heterocycles. The maximum atomic E-state index is 13.8. The van der Waals surface area contributed by atoms with Gasteiger partial charge >= 0.3 is 5.97 Å². The van der Waals surface area contributed by atoms with Crippen molar-refractivity contribution in [1.29, 1.82) is 0 Å². The second-order valence-corrected chi connectivity index (χ2v) is 12.2. The van der Waals surface area contributed by atoms with E-state index in [2.05, 4.69) is 5.32 Å². The van der Waals surface area contributed by atoms with Crippen molar-refractivity contribution in [1.82, 2.24) is 14.5 Å². The number of nitrogens with one attached hydrogen (secondary N) is 1. The molecule has 1 saturated heterocycles. The van der Waals surface area contributed by atoms with Gasteiger partial charge in [0.25, 0.3) is 5.91 Å². The van der Waals surface area contributed by atoms with E-state index in [-0.39, 0.29) is 36.9 Å². The highest BCUT2D eigenvalue weighted by Crippen LogP contribution is 2.24. The predicted molar refractivity (Wildman–Crippen MR) is 161 cm³/mol. The summed E-state index contributed by atoms with van der Waals surface area (Å²) >= 11 is 0. The Morgan fingerprint density at radius 3 is 2.16 bits per heavy atom. The van der Waals surface area contributed by atoms with Gasteiger partial charge < -0.3 is 24.6 Å². The van der Waals surface area contributed by atoms with Crippen LogP contribution in [0.1, 0.15) is 15.9 Å². The first-order valence-corrected chi connectivity index (χ1v) is 15.1. The molecule has 12 heteroatoms. The van der Waals surface area contributed by atoms with Crippen molar-refractivity contribution >= 4 is 33.5 Å². The zero-order valence-corrected chi connectivity index (χ0v) is 25.4. The van der Waals surface area contributed by atoms with Crippen LogP contribution in [-0.4, -0.2) is 95.4 Å². The molecule has 0 unspecified atom stereocenters. The van der Waals surface area contributed by atoms with Crippen LogP contribution in [-0.2, 0) is 30.8 Å². The molecule has 1 aliphatic rings. The fourth-order valence-corrected chi connectivity index (χ4v) is 6.46. The number of carbonyl (C=O) groups excluding carboxylic acids is 3. The number of hydrogen-bond donors (Lipinski definition) is 1. The highest BCUT2D eigenvalue weighted by atomic mass is 32.2. The van der Waals surface area contributed by atoms with E-state index in [1.54, 1.807) is 61.7 Å². The first-order chi connectivity index (χ1) is 20.5. The van der Waals surface area contributed by atoms with Crippen molar-refractivity contribution in [3.8, 4) is 5.75 Å². The van der Waals surface area contributed by atoms with Crippen molar-refractivity contribution in [3.05, 3.63) is 90.0 Å². The second-order valence-electron chi connectivity index (χ2n) is 10.3. The fourth-order valence-electron chi connectivity index (χ4n) is 4.87. The molecule has 0 aliphatic carbocycles. The molecule has 0 bridgehead atoms. The standard InChI is InChI=1S/C31H36N4O7S/c1-33(2)24-14-12-23(13-15-24)30(37)34-18-19-35(43(39,40)26-8-6-5-7-9-26)28(21-34)29(36)32-27(31(38)42-4)20-22-10-16-25(41-3)17-11-22/h5-17,27-28H,18-21H2,1-4H3,(H,32,36)/t27-,28+/m0/s1. The molecule has 0 radical (unpaired) electrons. The van der Waals surface area contributed by atoms with Crippen molar-refractivity contribution < 1.29 is 32.3 Å². The third-order valence-corrected chi connectivity index (χ3v) is 9.23. The van der Waals surface area contributed by atoms with Gasteiger partial charge in [0.2, 0.25) is 15.9 Å². The maximum Gasteiger partial charge on any atom is 0.328 e. The van der Waals surface area contributed by atoms with E-state index in [4.69, 9.17) is 9.47 Å². The zero-order valence-electron chi connectivity index (χ0n) is 24.6. The van der Waals surface area contributed by atoms with E-state index >= 15 is 0 Å². The molecule has 11 nitrogen and oxygen atoms in total. The first kappa shape index (κ1) is 31.5. The van der Waals surface area contributed by atoms with Crippen LogP contribution in [0.2, 0.25) is 0 Å². The van der Waals surface area contributed by atoms with Crippen molar-refractivity contribution in [2.45, 2.75) is 23.4 Å². The van der Waals surface area contributed by atoms with Crippen molar-refractivity contribution in [3.63, 3.8) is 0 Å². The minimum Gasteiger partial charge on any atom is -0.497 e. The van der Waals surface area contributed by atoms with Gasteiger partial charge in [-0.05, 0) is 54.1 Å². The van der Waals surface area contributed by atoms with Crippen LogP contribution in [0.15, 0.2) is 83.8 Å². The number of nitrogens with zero attached hydrogens (tertiary/aromatic N) is 3. The van der Waals surface area contributed by atoms with E-state index in [0.717, 1.165) is 15.6 Å². The van der Waals surface area contributed by atoms with Crippen molar-refractivity contribution in [2.24, 2.45) is 0 Å². The number of anilines is 1. The lowest BCUT2D eigenvalue weighted by molar-refractivity contribution is -0.145. The lowest BCUT2D eigenvalue weighted by Crippen LogP contribution is -2.62. The van der Waals surface area contributed by atoms with Gasteiger partial charge in [0.1, 0.15) is 17.8 Å². The topological polar surface area (TPSA) is 126 Å². The Kier molecular flexibility index (Phi) is 10.0. The van der Waals surface area contributed by atoms with Gasteiger partial charge in [0.15, 0.2) is 0 Å². The van der Waals surface area contributed by atoms with Crippen LogP contribution >= 0.6 is 0 Å². The number of rotatable bonds is 10. The molecular weight excluding hydrogens is 572 g/mol. The fraction of sp³-hybridized carbons (Fsp3) is 0.323. The molecule has 1 fully saturated rings. The van der Waals surface area contributed by atoms with Gasteiger partial charge in [-0.1, -0.05) is 30.3 Å². The number of ether oxygens (including phenoxy) is 2. The van der Waals surface area contributed by atoms with E-state index in [1.807, 2.05) is 31.1 Å². The summed E-state index contributed by atoms with van der Waals surface area (Å²) in [6, 6.07) is 19.4. The predicted octanol–water partition coefficient (Wildman–Crippen LogP) is 2.18. The molecule has 2 atom stereocenters. The molecule has 1 N–H and O–H groups in total. The summed E-state index contributed by atoms with van der Waals surface area (Å²) in [5.74, 6) is -1.11. The normalized spacial score (nSPS) is 16.2. The summed E-state index contributed by atoms with van der Waals surface area (Å²) in [7, 11) is 2.42. The Labute approximate surface area is 252 Å². The van der Waals surface area contributed by atoms with Crippen LogP contribution < -0.4 is 15.0 Å². The number of methoxy groups -OCH3 is 2. The number of benzene rings is 3. The molecule has 3 aromatic rings. The number of piperazine rings is 1. The molecule has 2 amide bonds. The van der Waals surface area contributed by atoms with Crippen LogP contribution in [0, 0.1) is 0 Å². The van der Waals surface area contributed by atoms with Crippen LogP contribution in [0.4, 0.5) is 5.69 Å². The molecule has 1 heterocycles. The van der Waals surface area contributed by atoms with E-state index in [9.17, 15) is 22.8 Å². The highest BCUT2D eigenvalue weighted by Gasteiger charge is 2.42. The van der Waals surface area contributed by atoms with E-state index in [1.165, 1.54) is 24.1 Å². The average Bonchev–Trinajstić information content (AvgIpc) is 3.04. The maximum absolute atomic E-state index is 13.8. The van der Waals surface area contributed by atoms with Crippen molar-refractivity contribution in [2.75, 3.05) is 52.8 Å². The highest BCUT2D eigenvalue weighted by molar-refractivity contribution is 7.89. The minimum atomic E-state index is -4.11. The summed E-state index contributed by atoms with van der Waals surface area (Å²) in [4.78, 5) is 43.4. The van der Waals surface area contributed by atoms with Gasteiger partial charge in [-0.2, -0.15) is 4.31 Å². The van der Waals surface area contributed by atoms with E-state index in [0.29, 0.717) is 11.3 Å². The Hall–Kier alpha value is -4.42. The summed E-state index contributed by atoms with van der Waals surface area (Å²) in [5.41, 5.74) is 2.06. The van der Waals surface area contributed by atoms with Gasteiger partial charge in [-0.25, -0.2) is 13.2 Å². The summed E-state index contributed by atoms with van der Waals surface area (Å²) in [5, 5.41) is 2.69. The molecule has 1 aliphatic heterocycles. The molecular formula is C31H36N4O7S. The lowest BCUT2D eigenvalue weighted by Gasteiger charge is -2.40. The second kappa shape index (κ2) is 13.7. The minimum absolute atomic E-state index is 0.0228. The molecule has 0 spiro atoms. The monoisotopic (exact) mass is 608 g/mol. The Morgan fingerprint density at radius 1 is 0.930 bits per heavy atom. The Balaban J connectivity index is 1.62. The molecule has 4 rings (SSSR count). The third kappa shape index (κ3) is 7.33. The summed E-state index contributed by atoms with van der Waals surface area (Å²) in [6.07, 6.45) is 0.0986. The lowest BCUT2D eigenvalue weighted by atomic mass is 10.0. The van der Waals surface area contributed by atoms with Gasteiger partial charge in [0.05, 0.1) is 19.1 Å². The molecule has 3 aromatic carbocycles. The largest absolute Gasteiger partial charge is 0.497 e. The van der Waals surface area contributed by atoms with Gasteiger partial charge in [0, 0.05) is 51.4 Å². The zero-order chi connectivity index (χ0) is 31.1.